The predicted molar refractivity (Wildman–Crippen MR) is 95.7 cm³/mol. The zero-order valence-corrected chi connectivity index (χ0v) is 14.4. The van der Waals surface area contributed by atoms with Gasteiger partial charge in [0.2, 0.25) is 0 Å². The zero-order chi connectivity index (χ0) is 15.1. The second-order valence-electron chi connectivity index (χ2n) is 5.52. The molecule has 0 bridgehead atoms. The molecule has 1 aliphatic rings. The number of nitrogens with two attached hydrogens (primary N) is 1. The number of piperazine rings is 1. The van der Waals surface area contributed by atoms with Crippen LogP contribution in [0.2, 0.25) is 5.02 Å². The summed E-state index contributed by atoms with van der Waals surface area (Å²) in [6.07, 6.45) is 4.65. The van der Waals surface area contributed by atoms with Gasteiger partial charge in [0.1, 0.15) is 0 Å². The molecule has 1 saturated heterocycles. The van der Waals surface area contributed by atoms with E-state index in [9.17, 15) is 0 Å². The first kappa shape index (κ1) is 16.9. The Hall–Kier alpha value is -0.420. The van der Waals surface area contributed by atoms with E-state index in [1.807, 2.05) is 23.9 Å². The molecule has 1 aliphatic heterocycles. The minimum absolute atomic E-state index is 0.546. The van der Waals surface area contributed by atoms with Crippen molar-refractivity contribution in [2.75, 3.05) is 49.6 Å². The molecular weight excluding hydrogens is 302 g/mol. The van der Waals surface area contributed by atoms with Crippen molar-refractivity contribution in [2.45, 2.75) is 18.9 Å². The predicted octanol–water partition coefficient (Wildman–Crippen LogP) is 2.93. The summed E-state index contributed by atoms with van der Waals surface area (Å²) in [6.45, 7) is 5.12. The monoisotopic (exact) mass is 327 g/mol. The number of halogens is 1. The minimum Gasteiger partial charge on any atom is -0.369 e. The van der Waals surface area contributed by atoms with E-state index in [1.165, 1.54) is 24.3 Å². The SMILES string of the molecule is CSCCCC(CN)N1CCN(c2ccc(Cl)cc2)CC1. The first-order valence-corrected chi connectivity index (χ1v) is 9.45. The molecule has 1 unspecified atom stereocenters. The van der Waals surface area contributed by atoms with E-state index < -0.39 is 0 Å². The van der Waals surface area contributed by atoms with Crippen LogP contribution in [-0.4, -0.2) is 55.7 Å². The Morgan fingerprint density at radius 3 is 2.43 bits per heavy atom. The van der Waals surface area contributed by atoms with Crippen molar-refractivity contribution in [1.82, 2.24) is 4.90 Å². The molecule has 1 heterocycles. The lowest BCUT2D eigenvalue weighted by Gasteiger charge is -2.40. The minimum atomic E-state index is 0.546. The Bertz CT molecular complexity index is 404. The van der Waals surface area contributed by atoms with Crippen molar-refractivity contribution in [3.63, 3.8) is 0 Å². The average molecular weight is 328 g/mol. The summed E-state index contributed by atoms with van der Waals surface area (Å²) in [5, 5.41) is 0.800. The standard InChI is InChI=1S/C16H26ClN3S/c1-21-12-2-3-16(13-18)20-10-8-19(9-11-20)15-6-4-14(17)5-7-15/h4-7,16H,2-3,8-13,18H2,1H3. The molecule has 118 valence electrons. The van der Waals surface area contributed by atoms with Gasteiger partial charge in [-0.2, -0.15) is 11.8 Å². The highest BCUT2D eigenvalue weighted by Gasteiger charge is 2.22. The van der Waals surface area contributed by atoms with Gasteiger partial charge in [-0.05, 0) is 49.1 Å². The van der Waals surface area contributed by atoms with E-state index in [-0.39, 0.29) is 0 Å². The fraction of sp³-hybridized carbons (Fsp3) is 0.625. The van der Waals surface area contributed by atoms with Crippen LogP contribution in [0.5, 0.6) is 0 Å². The number of benzene rings is 1. The summed E-state index contributed by atoms with van der Waals surface area (Å²) < 4.78 is 0. The molecule has 21 heavy (non-hydrogen) atoms. The Morgan fingerprint density at radius 2 is 1.86 bits per heavy atom. The molecule has 0 aliphatic carbocycles. The molecule has 1 aromatic rings. The number of anilines is 1. The normalized spacial score (nSPS) is 18.0. The van der Waals surface area contributed by atoms with Crippen molar-refractivity contribution in [2.24, 2.45) is 5.73 Å². The molecule has 3 nitrogen and oxygen atoms in total. The van der Waals surface area contributed by atoms with Crippen LogP contribution in [0.15, 0.2) is 24.3 Å². The Morgan fingerprint density at radius 1 is 1.19 bits per heavy atom. The molecule has 2 rings (SSSR count). The maximum absolute atomic E-state index is 5.97. The summed E-state index contributed by atoms with van der Waals surface area (Å²) >= 11 is 7.87. The van der Waals surface area contributed by atoms with Gasteiger partial charge in [-0.15, -0.1) is 0 Å². The highest BCUT2D eigenvalue weighted by Crippen LogP contribution is 2.20. The Kier molecular flexibility index (Phi) is 7.17. The molecule has 5 heteroatoms. The quantitative estimate of drug-likeness (QED) is 0.780. The lowest BCUT2D eigenvalue weighted by atomic mass is 10.1. The summed E-state index contributed by atoms with van der Waals surface area (Å²) in [5.41, 5.74) is 7.24. The van der Waals surface area contributed by atoms with Crippen molar-refractivity contribution >= 4 is 29.1 Å². The largest absolute Gasteiger partial charge is 0.369 e. The van der Waals surface area contributed by atoms with E-state index in [2.05, 4.69) is 28.2 Å². The number of nitrogens with zero attached hydrogens (tertiary/aromatic N) is 2. The van der Waals surface area contributed by atoms with Gasteiger partial charge in [0.05, 0.1) is 0 Å². The van der Waals surface area contributed by atoms with E-state index in [0.717, 1.165) is 37.7 Å². The third-order valence-electron chi connectivity index (χ3n) is 4.18. The van der Waals surface area contributed by atoms with Crippen molar-refractivity contribution in [1.29, 1.82) is 0 Å². The number of hydrogen-bond acceptors (Lipinski definition) is 4. The summed E-state index contributed by atoms with van der Waals surface area (Å²) in [5.74, 6) is 1.24. The van der Waals surface area contributed by atoms with Gasteiger partial charge in [0, 0.05) is 49.5 Å². The molecule has 0 amide bonds. The molecule has 0 spiro atoms. The molecule has 0 radical (unpaired) electrons. The summed E-state index contributed by atoms with van der Waals surface area (Å²) in [6, 6.07) is 8.70. The van der Waals surface area contributed by atoms with Crippen LogP contribution < -0.4 is 10.6 Å². The topological polar surface area (TPSA) is 32.5 Å². The average Bonchev–Trinajstić information content (AvgIpc) is 2.53. The lowest BCUT2D eigenvalue weighted by Crippen LogP contribution is -2.52. The fourth-order valence-corrected chi connectivity index (χ4v) is 3.49. The highest BCUT2D eigenvalue weighted by molar-refractivity contribution is 7.98. The number of thioether (sulfide) groups is 1. The molecule has 2 N–H and O–H groups in total. The third kappa shape index (κ3) is 5.06. The smallest absolute Gasteiger partial charge is 0.0407 e. The highest BCUT2D eigenvalue weighted by atomic mass is 35.5. The van der Waals surface area contributed by atoms with E-state index >= 15 is 0 Å². The number of hydrogen-bond donors (Lipinski definition) is 1. The molecule has 1 aromatic carbocycles. The van der Waals surface area contributed by atoms with E-state index in [1.54, 1.807) is 0 Å². The van der Waals surface area contributed by atoms with Crippen molar-refractivity contribution in [3.8, 4) is 0 Å². The van der Waals surface area contributed by atoms with Crippen LogP contribution >= 0.6 is 23.4 Å². The van der Waals surface area contributed by atoms with Crippen LogP contribution in [0.1, 0.15) is 12.8 Å². The second-order valence-corrected chi connectivity index (χ2v) is 6.95. The van der Waals surface area contributed by atoms with Gasteiger partial charge in [-0.3, -0.25) is 4.90 Å². The number of rotatable bonds is 7. The maximum Gasteiger partial charge on any atom is 0.0407 e. The Labute approximate surface area is 137 Å². The van der Waals surface area contributed by atoms with Crippen LogP contribution in [-0.2, 0) is 0 Å². The lowest BCUT2D eigenvalue weighted by molar-refractivity contribution is 0.180. The first-order valence-electron chi connectivity index (χ1n) is 7.68. The molecule has 0 aromatic heterocycles. The van der Waals surface area contributed by atoms with Gasteiger partial charge in [-0.1, -0.05) is 11.6 Å². The van der Waals surface area contributed by atoms with Gasteiger partial charge in [-0.25, -0.2) is 0 Å². The maximum atomic E-state index is 5.97. The first-order chi connectivity index (χ1) is 10.2. The molecule has 0 saturated carbocycles. The van der Waals surface area contributed by atoms with Crippen molar-refractivity contribution < 1.29 is 0 Å². The zero-order valence-electron chi connectivity index (χ0n) is 12.8. The molecule has 1 atom stereocenters. The fourth-order valence-electron chi connectivity index (χ4n) is 2.91. The van der Waals surface area contributed by atoms with Crippen LogP contribution in [0.4, 0.5) is 5.69 Å². The van der Waals surface area contributed by atoms with Crippen LogP contribution in [0, 0.1) is 0 Å². The van der Waals surface area contributed by atoms with Gasteiger partial charge in [0.25, 0.3) is 0 Å². The van der Waals surface area contributed by atoms with Gasteiger partial charge in [0.15, 0.2) is 0 Å². The summed E-state index contributed by atoms with van der Waals surface area (Å²) in [7, 11) is 0. The summed E-state index contributed by atoms with van der Waals surface area (Å²) in [4.78, 5) is 5.00. The van der Waals surface area contributed by atoms with E-state index in [4.69, 9.17) is 17.3 Å². The molecule has 1 fully saturated rings. The van der Waals surface area contributed by atoms with Crippen LogP contribution in [0.3, 0.4) is 0 Å². The van der Waals surface area contributed by atoms with E-state index in [0.29, 0.717) is 6.04 Å². The Balaban J connectivity index is 1.82. The third-order valence-corrected chi connectivity index (χ3v) is 5.13. The second kappa shape index (κ2) is 8.89. The molecular formula is C16H26ClN3S. The van der Waals surface area contributed by atoms with Crippen LogP contribution in [0.25, 0.3) is 0 Å². The van der Waals surface area contributed by atoms with Gasteiger partial charge < -0.3 is 10.6 Å². The van der Waals surface area contributed by atoms with Gasteiger partial charge >= 0.3 is 0 Å². The van der Waals surface area contributed by atoms with Crippen molar-refractivity contribution in [3.05, 3.63) is 29.3 Å².